The lowest BCUT2D eigenvalue weighted by Crippen LogP contribution is -2.38. The van der Waals surface area contributed by atoms with Crippen LogP contribution in [0.2, 0.25) is 0 Å². The summed E-state index contributed by atoms with van der Waals surface area (Å²) in [6, 6.07) is 23.4. The van der Waals surface area contributed by atoms with E-state index in [0.29, 0.717) is 36.5 Å². The Morgan fingerprint density at radius 1 is 1.00 bits per heavy atom. The van der Waals surface area contributed by atoms with Crippen molar-refractivity contribution in [3.63, 3.8) is 0 Å². The van der Waals surface area contributed by atoms with Crippen LogP contribution in [0.5, 0.6) is 5.75 Å². The van der Waals surface area contributed by atoms with Gasteiger partial charge in [0.2, 0.25) is 5.91 Å². The number of amides is 2. The van der Waals surface area contributed by atoms with Crippen molar-refractivity contribution in [1.29, 1.82) is 0 Å². The quantitative estimate of drug-likeness (QED) is 0.663. The first-order valence-electron chi connectivity index (χ1n) is 10.0. The van der Waals surface area contributed by atoms with Crippen LogP contribution in [0.3, 0.4) is 0 Å². The van der Waals surface area contributed by atoms with E-state index in [-0.39, 0.29) is 18.4 Å². The van der Waals surface area contributed by atoms with Gasteiger partial charge in [-0.3, -0.25) is 9.59 Å². The van der Waals surface area contributed by atoms with Gasteiger partial charge in [-0.15, -0.1) is 0 Å². The second-order valence-corrected chi connectivity index (χ2v) is 7.47. The molecule has 1 N–H and O–H groups in total. The molecule has 0 aliphatic carbocycles. The highest BCUT2D eigenvalue weighted by molar-refractivity contribution is 5.99. The zero-order valence-electron chi connectivity index (χ0n) is 16.9. The average Bonchev–Trinajstić information content (AvgIpc) is 2.76. The molecule has 0 saturated heterocycles. The van der Waals surface area contributed by atoms with Crippen LogP contribution in [-0.2, 0) is 22.6 Å². The van der Waals surface area contributed by atoms with E-state index in [0.717, 1.165) is 11.1 Å². The van der Waals surface area contributed by atoms with Crippen molar-refractivity contribution in [1.82, 2.24) is 0 Å². The minimum absolute atomic E-state index is 0.0155. The SMILES string of the molecule is Cc1ccc(CN2C(=O)COc3ccc(NC(=O)CCc4ccccc4)cc32)cc1. The van der Waals surface area contributed by atoms with E-state index in [4.69, 9.17) is 4.74 Å². The van der Waals surface area contributed by atoms with Crippen molar-refractivity contribution < 1.29 is 14.3 Å². The number of carbonyl (C=O) groups excluding carboxylic acids is 2. The van der Waals surface area contributed by atoms with Crippen molar-refractivity contribution in [3.8, 4) is 5.75 Å². The summed E-state index contributed by atoms with van der Waals surface area (Å²) in [4.78, 5) is 26.6. The van der Waals surface area contributed by atoms with Crippen LogP contribution in [0.15, 0.2) is 72.8 Å². The van der Waals surface area contributed by atoms with Gasteiger partial charge in [0.25, 0.3) is 5.91 Å². The van der Waals surface area contributed by atoms with Gasteiger partial charge >= 0.3 is 0 Å². The molecule has 4 rings (SSSR count). The fourth-order valence-electron chi connectivity index (χ4n) is 3.46. The largest absolute Gasteiger partial charge is 0.482 e. The number of nitrogens with one attached hydrogen (secondary N) is 1. The first-order chi connectivity index (χ1) is 14.6. The smallest absolute Gasteiger partial charge is 0.265 e. The Kier molecular flexibility index (Phi) is 5.80. The van der Waals surface area contributed by atoms with E-state index in [1.165, 1.54) is 5.56 Å². The molecule has 5 nitrogen and oxygen atoms in total. The lowest BCUT2D eigenvalue weighted by molar-refractivity contribution is -0.121. The molecule has 0 atom stereocenters. The minimum atomic E-state index is -0.101. The van der Waals surface area contributed by atoms with E-state index < -0.39 is 0 Å². The molecule has 3 aromatic carbocycles. The van der Waals surface area contributed by atoms with Crippen LogP contribution in [-0.4, -0.2) is 18.4 Å². The summed E-state index contributed by atoms with van der Waals surface area (Å²) < 4.78 is 5.58. The van der Waals surface area contributed by atoms with Crippen LogP contribution in [0, 0.1) is 6.92 Å². The first kappa shape index (κ1) is 19.7. The lowest BCUT2D eigenvalue weighted by atomic mass is 10.1. The summed E-state index contributed by atoms with van der Waals surface area (Å²) >= 11 is 0. The molecule has 0 unspecified atom stereocenters. The van der Waals surface area contributed by atoms with Crippen molar-refractivity contribution in [2.24, 2.45) is 0 Å². The molecule has 0 saturated carbocycles. The number of rotatable bonds is 6. The molecule has 3 aromatic rings. The van der Waals surface area contributed by atoms with Crippen LogP contribution in [0.1, 0.15) is 23.1 Å². The number of fused-ring (bicyclic) bond motifs is 1. The third kappa shape index (κ3) is 4.69. The highest BCUT2D eigenvalue weighted by atomic mass is 16.5. The summed E-state index contributed by atoms with van der Waals surface area (Å²) in [7, 11) is 0. The third-order valence-corrected chi connectivity index (χ3v) is 5.13. The van der Waals surface area contributed by atoms with Gasteiger partial charge in [-0.05, 0) is 42.7 Å². The molecule has 0 spiro atoms. The Labute approximate surface area is 176 Å². The van der Waals surface area contributed by atoms with Gasteiger partial charge < -0.3 is 15.0 Å². The van der Waals surface area contributed by atoms with Crippen LogP contribution < -0.4 is 15.0 Å². The normalized spacial score (nSPS) is 12.8. The summed E-state index contributed by atoms with van der Waals surface area (Å²) in [5.41, 5.74) is 4.67. The highest BCUT2D eigenvalue weighted by Gasteiger charge is 2.26. The Hall–Kier alpha value is -3.60. The Balaban J connectivity index is 1.47. The fourth-order valence-corrected chi connectivity index (χ4v) is 3.46. The van der Waals surface area contributed by atoms with E-state index >= 15 is 0 Å². The second-order valence-electron chi connectivity index (χ2n) is 7.47. The maximum atomic E-state index is 12.5. The first-order valence-corrected chi connectivity index (χ1v) is 10.0. The van der Waals surface area contributed by atoms with Crippen molar-refractivity contribution in [2.45, 2.75) is 26.3 Å². The number of hydrogen-bond acceptors (Lipinski definition) is 3. The van der Waals surface area contributed by atoms with Crippen molar-refractivity contribution in [3.05, 3.63) is 89.5 Å². The molecule has 152 valence electrons. The van der Waals surface area contributed by atoms with Crippen LogP contribution >= 0.6 is 0 Å². The van der Waals surface area contributed by atoms with E-state index in [9.17, 15) is 9.59 Å². The lowest BCUT2D eigenvalue weighted by Gasteiger charge is -2.30. The van der Waals surface area contributed by atoms with Crippen LogP contribution in [0.25, 0.3) is 0 Å². The van der Waals surface area contributed by atoms with E-state index in [1.54, 1.807) is 23.1 Å². The zero-order valence-corrected chi connectivity index (χ0v) is 16.9. The molecule has 5 heteroatoms. The summed E-state index contributed by atoms with van der Waals surface area (Å²) in [6.07, 6.45) is 1.07. The number of benzene rings is 3. The van der Waals surface area contributed by atoms with Gasteiger partial charge in [0.15, 0.2) is 6.61 Å². The number of carbonyl (C=O) groups is 2. The predicted octanol–water partition coefficient (Wildman–Crippen LogP) is 4.49. The number of hydrogen-bond donors (Lipinski definition) is 1. The number of aryl methyl sites for hydroxylation is 2. The fraction of sp³-hybridized carbons (Fsp3) is 0.200. The Bertz CT molecular complexity index is 1050. The molecule has 0 bridgehead atoms. The molecule has 0 fully saturated rings. The number of anilines is 2. The van der Waals surface area contributed by atoms with Gasteiger partial charge in [-0.25, -0.2) is 0 Å². The highest BCUT2D eigenvalue weighted by Crippen LogP contribution is 2.35. The average molecular weight is 400 g/mol. The Morgan fingerprint density at radius 3 is 2.53 bits per heavy atom. The van der Waals surface area contributed by atoms with Gasteiger partial charge in [0, 0.05) is 12.1 Å². The minimum Gasteiger partial charge on any atom is -0.482 e. The van der Waals surface area contributed by atoms with Crippen molar-refractivity contribution in [2.75, 3.05) is 16.8 Å². The number of ether oxygens (including phenoxy) is 1. The van der Waals surface area contributed by atoms with Crippen LogP contribution in [0.4, 0.5) is 11.4 Å². The molecule has 0 radical (unpaired) electrons. The topological polar surface area (TPSA) is 58.6 Å². The summed E-state index contributed by atoms with van der Waals surface area (Å²) in [5.74, 6) is 0.478. The standard InChI is InChI=1S/C25H24N2O3/c1-18-7-9-20(10-8-18)16-27-22-15-21(12-13-23(22)30-17-25(27)29)26-24(28)14-11-19-5-3-2-4-6-19/h2-10,12-13,15H,11,14,16-17H2,1H3,(H,26,28). The molecule has 0 aromatic heterocycles. The molecular formula is C25H24N2O3. The van der Waals surface area contributed by atoms with E-state index in [2.05, 4.69) is 5.32 Å². The predicted molar refractivity (Wildman–Crippen MR) is 118 cm³/mol. The monoisotopic (exact) mass is 400 g/mol. The maximum absolute atomic E-state index is 12.5. The zero-order chi connectivity index (χ0) is 20.9. The molecule has 30 heavy (non-hydrogen) atoms. The van der Waals surface area contributed by atoms with Crippen molar-refractivity contribution >= 4 is 23.2 Å². The summed E-state index contributed by atoms with van der Waals surface area (Å²) in [5, 5.41) is 2.94. The van der Waals surface area contributed by atoms with Gasteiger partial charge in [-0.2, -0.15) is 0 Å². The van der Waals surface area contributed by atoms with Gasteiger partial charge in [-0.1, -0.05) is 60.2 Å². The summed E-state index contributed by atoms with van der Waals surface area (Å²) in [6.45, 7) is 2.51. The molecule has 2 amide bonds. The second kappa shape index (κ2) is 8.82. The van der Waals surface area contributed by atoms with Gasteiger partial charge in [0.1, 0.15) is 5.75 Å². The molecule has 1 heterocycles. The van der Waals surface area contributed by atoms with Gasteiger partial charge in [0.05, 0.1) is 12.2 Å². The number of nitrogens with zero attached hydrogens (tertiary/aromatic N) is 1. The Morgan fingerprint density at radius 2 is 1.77 bits per heavy atom. The van der Waals surface area contributed by atoms with E-state index in [1.807, 2.05) is 61.5 Å². The molecule has 1 aliphatic heterocycles. The third-order valence-electron chi connectivity index (χ3n) is 5.13. The molecular weight excluding hydrogens is 376 g/mol. The maximum Gasteiger partial charge on any atom is 0.265 e. The molecule has 1 aliphatic rings.